The molecule has 0 radical (unpaired) electrons. The van der Waals surface area contributed by atoms with Crippen molar-refractivity contribution in [2.24, 2.45) is 0 Å². The van der Waals surface area contributed by atoms with Gasteiger partial charge < -0.3 is 14.6 Å². The van der Waals surface area contributed by atoms with Gasteiger partial charge in [-0.3, -0.25) is 4.79 Å². The summed E-state index contributed by atoms with van der Waals surface area (Å²) in [6.07, 6.45) is 1.99. The molecule has 2 aromatic carbocycles. The molecular formula is C23H26N2O2. The van der Waals surface area contributed by atoms with Gasteiger partial charge >= 0.3 is 0 Å². The lowest BCUT2D eigenvalue weighted by Gasteiger charge is -2.11. The molecule has 4 nitrogen and oxygen atoms in total. The van der Waals surface area contributed by atoms with E-state index >= 15 is 0 Å². The minimum atomic E-state index is 0.0203. The van der Waals surface area contributed by atoms with Crippen molar-refractivity contribution < 1.29 is 4.74 Å². The normalized spacial score (nSPS) is 10.9. The van der Waals surface area contributed by atoms with Gasteiger partial charge in [0.15, 0.2) is 0 Å². The quantitative estimate of drug-likeness (QED) is 0.659. The molecule has 3 rings (SSSR count). The van der Waals surface area contributed by atoms with Crippen LogP contribution in [-0.4, -0.2) is 10.7 Å². The van der Waals surface area contributed by atoms with Crippen LogP contribution >= 0.6 is 0 Å². The highest BCUT2D eigenvalue weighted by atomic mass is 16.5. The summed E-state index contributed by atoms with van der Waals surface area (Å²) in [5.74, 6) is 0.907. The summed E-state index contributed by atoms with van der Waals surface area (Å²) in [5.41, 5.74) is 3.56. The molecule has 1 N–H and O–H groups in total. The number of ether oxygens (including phenoxy) is 1. The molecule has 0 bridgehead atoms. The molecule has 1 heterocycles. The first kappa shape index (κ1) is 18.9. The van der Waals surface area contributed by atoms with Gasteiger partial charge in [-0.2, -0.15) is 0 Å². The van der Waals surface area contributed by atoms with E-state index in [0.29, 0.717) is 6.54 Å². The molecule has 4 heteroatoms. The Hall–Kier alpha value is -2.85. The second-order valence-corrected chi connectivity index (χ2v) is 6.90. The fourth-order valence-electron chi connectivity index (χ4n) is 2.90. The maximum Gasteiger partial charge on any atom is 0.250 e. The lowest BCUT2D eigenvalue weighted by atomic mass is 10.1. The lowest BCUT2D eigenvalue weighted by Crippen LogP contribution is -2.18. The van der Waals surface area contributed by atoms with Crippen molar-refractivity contribution in [3.05, 3.63) is 100.0 Å². The molecule has 0 aliphatic carbocycles. The van der Waals surface area contributed by atoms with Crippen molar-refractivity contribution in [3.63, 3.8) is 0 Å². The molecule has 0 aliphatic heterocycles. The SMILES string of the molecule is CC(C)Oc1cccc(CNCc2ccc(Cn3ccccc3=O)cc2)c1. The molecule has 0 saturated carbocycles. The average Bonchev–Trinajstić information content (AvgIpc) is 2.65. The molecule has 27 heavy (non-hydrogen) atoms. The van der Waals surface area contributed by atoms with Crippen LogP contribution in [-0.2, 0) is 19.6 Å². The second kappa shape index (κ2) is 9.19. The molecule has 0 atom stereocenters. The number of hydrogen-bond acceptors (Lipinski definition) is 3. The van der Waals surface area contributed by atoms with Crippen LogP contribution in [0.1, 0.15) is 30.5 Å². The molecule has 1 aromatic heterocycles. The van der Waals surface area contributed by atoms with Gasteiger partial charge in [0, 0.05) is 25.4 Å². The van der Waals surface area contributed by atoms with Crippen molar-refractivity contribution in [1.29, 1.82) is 0 Å². The summed E-state index contributed by atoms with van der Waals surface area (Å²) >= 11 is 0. The Bertz CT molecular complexity index is 914. The Kier molecular flexibility index (Phi) is 6.44. The molecule has 0 spiro atoms. The van der Waals surface area contributed by atoms with Crippen LogP contribution in [0.15, 0.2) is 77.7 Å². The number of aromatic nitrogens is 1. The van der Waals surface area contributed by atoms with Crippen molar-refractivity contribution in [2.75, 3.05) is 0 Å². The number of nitrogens with zero attached hydrogens (tertiary/aromatic N) is 1. The van der Waals surface area contributed by atoms with Gasteiger partial charge in [0.25, 0.3) is 5.56 Å². The lowest BCUT2D eigenvalue weighted by molar-refractivity contribution is 0.242. The molecule has 140 valence electrons. The maximum absolute atomic E-state index is 11.8. The third-order valence-electron chi connectivity index (χ3n) is 4.20. The van der Waals surface area contributed by atoms with Crippen molar-refractivity contribution in [3.8, 4) is 5.75 Å². The summed E-state index contributed by atoms with van der Waals surface area (Å²) in [6.45, 7) is 6.23. The molecule has 0 saturated heterocycles. The summed E-state index contributed by atoms with van der Waals surface area (Å²) < 4.78 is 7.45. The highest BCUT2D eigenvalue weighted by Gasteiger charge is 2.01. The molecule has 0 unspecified atom stereocenters. The monoisotopic (exact) mass is 362 g/mol. The molecular weight excluding hydrogens is 336 g/mol. The van der Waals surface area contributed by atoms with Gasteiger partial charge in [0.2, 0.25) is 0 Å². The van der Waals surface area contributed by atoms with Crippen molar-refractivity contribution in [2.45, 2.75) is 39.6 Å². The average molecular weight is 362 g/mol. The molecule has 0 aliphatic rings. The van der Waals surface area contributed by atoms with E-state index in [1.165, 1.54) is 11.1 Å². The first-order chi connectivity index (χ1) is 13.1. The zero-order valence-corrected chi connectivity index (χ0v) is 15.9. The van der Waals surface area contributed by atoms with E-state index in [-0.39, 0.29) is 11.7 Å². The van der Waals surface area contributed by atoms with Crippen LogP contribution in [0.25, 0.3) is 0 Å². The van der Waals surface area contributed by atoms with Gasteiger partial charge in [-0.05, 0) is 48.7 Å². The van der Waals surface area contributed by atoms with E-state index in [2.05, 4.69) is 41.7 Å². The number of pyridine rings is 1. The largest absolute Gasteiger partial charge is 0.491 e. The summed E-state index contributed by atoms with van der Waals surface area (Å²) in [7, 11) is 0. The highest BCUT2D eigenvalue weighted by molar-refractivity contribution is 5.29. The summed E-state index contributed by atoms with van der Waals surface area (Å²) in [4.78, 5) is 11.8. The second-order valence-electron chi connectivity index (χ2n) is 6.90. The topological polar surface area (TPSA) is 43.3 Å². The van der Waals surface area contributed by atoms with Gasteiger partial charge in [-0.15, -0.1) is 0 Å². The molecule has 0 amide bonds. The molecule has 3 aromatic rings. The summed E-state index contributed by atoms with van der Waals surface area (Å²) in [6, 6.07) is 21.8. The van der Waals surface area contributed by atoms with Crippen molar-refractivity contribution in [1.82, 2.24) is 9.88 Å². The third kappa shape index (κ3) is 5.83. The Labute approximate surface area is 160 Å². The van der Waals surface area contributed by atoms with Gasteiger partial charge in [-0.25, -0.2) is 0 Å². The number of hydrogen-bond donors (Lipinski definition) is 1. The predicted molar refractivity (Wildman–Crippen MR) is 109 cm³/mol. The maximum atomic E-state index is 11.8. The van der Waals surface area contributed by atoms with E-state index in [4.69, 9.17) is 4.74 Å². The van der Waals surface area contributed by atoms with Crippen molar-refractivity contribution >= 4 is 0 Å². The standard InChI is InChI=1S/C23H26N2O2/c1-18(2)27-22-7-5-6-21(14-22)16-24-15-19-9-11-20(12-10-19)17-25-13-4-3-8-23(25)26/h3-14,18,24H,15-17H2,1-2H3. The van der Waals surface area contributed by atoms with Crippen LogP contribution in [0.2, 0.25) is 0 Å². The number of rotatable bonds is 8. The van der Waals surface area contributed by atoms with Crippen LogP contribution in [0.4, 0.5) is 0 Å². The molecule has 0 fully saturated rings. The first-order valence-corrected chi connectivity index (χ1v) is 9.30. The van der Waals surface area contributed by atoms with E-state index in [1.807, 2.05) is 38.2 Å². The first-order valence-electron chi connectivity index (χ1n) is 9.30. The Morgan fingerprint density at radius 1 is 0.889 bits per heavy atom. The fourth-order valence-corrected chi connectivity index (χ4v) is 2.90. The minimum absolute atomic E-state index is 0.0203. The van der Waals surface area contributed by atoms with E-state index in [0.717, 1.165) is 24.4 Å². The van der Waals surface area contributed by atoms with Crippen LogP contribution in [0.3, 0.4) is 0 Å². The van der Waals surface area contributed by atoms with Gasteiger partial charge in [-0.1, -0.05) is 42.5 Å². The van der Waals surface area contributed by atoms with Gasteiger partial charge in [0.05, 0.1) is 12.6 Å². The summed E-state index contributed by atoms with van der Waals surface area (Å²) in [5, 5.41) is 3.47. The highest BCUT2D eigenvalue weighted by Crippen LogP contribution is 2.15. The van der Waals surface area contributed by atoms with E-state index in [1.54, 1.807) is 16.7 Å². The Morgan fingerprint density at radius 3 is 2.37 bits per heavy atom. The smallest absolute Gasteiger partial charge is 0.250 e. The van der Waals surface area contributed by atoms with Gasteiger partial charge in [0.1, 0.15) is 5.75 Å². The minimum Gasteiger partial charge on any atom is -0.491 e. The number of benzene rings is 2. The number of nitrogens with one attached hydrogen (secondary N) is 1. The van der Waals surface area contributed by atoms with E-state index in [9.17, 15) is 4.79 Å². The fraction of sp³-hybridized carbons (Fsp3) is 0.261. The Morgan fingerprint density at radius 2 is 1.63 bits per heavy atom. The van der Waals surface area contributed by atoms with Crippen LogP contribution < -0.4 is 15.6 Å². The predicted octanol–water partition coefficient (Wildman–Crippen LogP) is 3.97. The zero-order chi connectivity index (χ0) is 19.1. The van der Waals surface area contributed by atoms with Crippen LogP contribution in [0, 0.1) is 0 Å². The van der Waals surface area contributed by atoms with Crippen LogP contribution in [0.5, 0.6) is 5.75 Å². The van der Waals surface area contributed by atoms with E-state index < -0.39 is 0 Å². The Balaban J connectivity index is 1.52. The zero-order valence-electron chi connectivity index (χ0n) is 15.9. The third-order valence-corrected chi connectivity index (χ3v) is 4.20.